The average Bonchev–Trinajstić information content (AvgIpc) is 2.55. The molecular formula is C12H21FO10. The lowest BCUT2D eigenvalue weighted by atomic mass is 9.97. The zero-order chi connectivity index (χ0) is 17.3. The molecule has 2 aliphatic rings. The van der Waals surface area contributed by atoms with Crippen molar-refractivity contribution >= 4 is 0 Å². The molecular weight excluding hydrogens is 322 g/mol. The van der Waals surface area contributed by atoms with Crippen LogP contribution in [-0.4, -0.2) is 110 Å². The lowest BCUT2D eigenvalue weighted by molar-refractivity contribution is -0.353. The maximum absolute atomic E-state index is 13.0. The Morgan fingerprint density at radius 2 is 1.43 bits per heavy atom. The van der Waals surface area contributed by atoms with Crippen molar-refractivity contribution in [1.29, 1.82) is 0 Å². The summed E-state index contributed by atoms with van der Waals surface area (Å²) in [5.74, 6) is 0. The highest BCUT2D eigenvalue weighted by Gasteiger charge is 2.50. The first kappa shape index (κ1) is 18.9. The first-order chi connectivity index (χ1) is 10.8. The van der Waals surface area contributed by atoms with Gasteiger partial charge in [-0.3, -0.25) is 0 Å². The first-order valence-corrected chi connectivity index (χ1v) is 7.03. The van der Waals surface area contributed by atoms with E-state index in [1.165, 1.54) is 0 Å². The van der Waals surface area contributed by atoms with Crippen molar-refractivity contribution in [2.75, 3.05) is 13.3 Å². The highest BCUT2D eigenvalue weighted by atomic mass is 18.2. The third-order valence-electron chi connectivity index (χ3n) is 3.95. The van der Waals surface area contributed by atoms with Gasteiger partial charge >= 0.3 is 0 Å². The summed E-state index contributed by atoms with van der Waals surface area (Å²) < 4.78 is 28.0. The fourth-order valence-electron chi connectivity index (χ4n) is 2.55. The van der Waals surface area contributed by atoms with E-state index in [1.807, 2.05) is 0 Å². The molecule has 11 heteroatoms. The molecule has 7 N–H and O–H groups in total. The third-order valence-corrected chi connectivity index (χ3v) is 3.95. The Morgan fingerprint density at radius 3 is 2.00 bits per heavy atom. The van der Waals surface area contributed by atoms with Crippen molar-refractivity contribution in [3.05, 3.63) is 0 Å². The van der Waals surface area contributed by atoms with Gasteiger partial charge in [0.2, 0.25) is 0 Å². The molecule has 0 saturated carbocycles. The van der Waals surface area contributed by atoms with Crippen LogP contribution >= 0.6 is 0 Å². The van der Waals surface area contributed by atoms with Crippen molar-refractivity contribution < 1.29 is 54.3 Å². The van der Waals surface area contributed by atoms with Gasteiger partial charge in [0.25, 0.3) is 0 Å². The Bertz CT molecular complexity index is 383. The van der Waals surface area contributed by atoms with Crippen molar-refractivity contribution in [2.45, 2.75) is 61.4 Å². The van der Waals surface area contributed by atoms with E-state index in [2.05, 4.69) is 0 Å². The molecule has 2 fully saturated rings. The minimum Gasteiger partial charge on any atom is -0.394 e. The quantitative estimate of drug-likeness (QED) is 0.264. The van der Waals surface area contributed by atoms with Crippen LogP contribution in [0.25, 0.3) is 0 Å². The van der Waals surface area contributed by atoms with Crippen LogP contribution in [-0.2, 0) is 14.2 Å². The monoisotopic (exact) mass is 343 g/mol. The van der Waals surface area contributed by atoms with Gasteiger partial charge in [-0.1, -0.05) is 0 Å². The second-order valence-corrected chi connectivity index (χ2v) is 5.50. The Morgan fingerprint density at radius 1 is 0.783 bits per heavy atom. The topological polar surface area (TPSA) is 169 Å². The number of alkyl halides is 1. The SMILES string of the molecule is OC[C@H]1O[C@H](O[C@H]2[C@H](O)[C@@H](O)[C@H](O)O[C@@H]2C[18F])[C@H](O)[C@@H](O)[C@@H]1O. The largest absolute Gasteiger partial charge is 0.394 e. The average molecular weight is 343 g/mol. The van der Waals surface area contributed by atoms with Crippen LogP contribution in [0.5, 0.6) is 0 Å². The minimum absolute atomic E-state index is 0.692. The standard InChI is InChI=1S/C12H21FO10/c13-1-3-10(7(17)8(18)11(20)21-3)23-12-9(19)6(16)5(15)4(2-14)22-12/h3-12,14-20H,1-2H2/t3-,4-,5-,6+,7-,8-,9-,10-,11-,12-/m1/s1/i13-1. The predicted octanol–water partition coefficient (Wildman–Crippen LogP) is -4.42. The van der Waals surface area contributed by atoms with E-state index in [4.69, 9.17) is 19.3 Å². The predicted molar refractivity (Wildman–Crippen MR) is 67.5 cm³/mol. The number of aliphatic hydroxyl groups is 7. The summed E-state index contributed by atoms with van der Waals surface area (Å²) in [5, 5.41) is 67.0. The normalized spacial score (nSPS) is 51.7. The van der Waals surface area contributed by atoms with E-state index in [0.29, 0.717) is 0 Å². The van der Waals surface area contributed by atoms with Crippen LogP contribution in [0.1, 0.15) is 0 Å². The summed E-state index contributed by atoms with van der Waals surface area (Å²) in [7, 11) is 0. The van der Waals surface area contributed by atoms with Crippen LogP contribution in [0.4, 0.5) is 4.39 Å². The third kappa shape index (κ3) is 3.64. The molecule has 0 aromatic heterocycles. The number of hydrogen-bond donors (Lipinski definition) is 7. The van der Waals surface area contributed by atoms with Crippen LogP contribution in [0.3, 0.4) is 0 Å². The first-order valence-electron chi connectivity index (χ1n) is 7.03. The van der Waals surface area contributed by atoms with E-state index in [-0.39, 0.29) is 0 Å². The Hall–Kier alpha value is -0.470. The highest BCUT2D eigenvalue weighted by Crippen LogP contribution is 2.28. The number of hydrogen-bond acceptors (Lipinski definition) is 10. The van der Waals surface area contributed by atoms with E-state index in [0.717, 1.165) is 0 Å². The molecule has 2 aliphatic heterocycles. The van der Waals surface area contributed by atoms with Gasteiger partial charge in [-0.25, -0.2) is 4.39 Å². The molecule has 2 heterocycles. The molecule has 0 radical (unpaired) electrons. The van der Waals surface area contributed by atoms with Gasteiger partial charge in [0.1, 0.15) is 55.5 Å². The van der Waals surface area contributed by atoms with E-state index >= 15 is 0 Å². The van der Waals surface area contributed by atoms with Crippen LogP contribution < -0.4 is 0 Å². The van der Waals surface area contributed by atoms with Gasteiger partial charge in [0.05, 0.1) is 6.61 Å². The molecule has 136 valence electrons. The molecule has 0 aromatic rings. The van der Waals surface area contributed by atoms with E-state index in [9.17, 15) is 35.0 Å². The van der Waals surface area contributed by atoms with Crippen LogP contribution in [0.2, 0.25) is 0 Å². The molecule has 10 nitrogen and oxygen atoms in total. The summed E-state index contributed by atoms with van der Waals surface area (Å²) in [5.41, 5.74) is 0. The van der Waals surface area contributed by atoms with Crippen LogP contribution in [0, 0.1) is 0 Å². The summed E-state index contributed by atoms with van der Waals surface area (Å²) in [6.45, 7) is -1.87. The van der Waals surface area contributed by atoms with Crippen LogP contribution in [0.15, 0.2) is 0 Å². The van der Waals surface area contributed by atoms with E-state index < -0.39 is 74.7 Å². The van der Waals surface area contributed by atoms with Gasteiger partial charge in [-0.05, 0) is 0 Å². The maximum atomic E-state index is 13.0. The molecule has 0 unspecified atom stereocenters. The van der Waals surface area contributed by atoms with E-state index in [1.54, 1.807) is 0 Å². The zero-order valence-corrected chi connectivity index (χ0v) is 11.9. The fraction of sp³-hybridized carbons (Fsp3) is 1.00. The summed E-state index contributed by atoms with van der Waals surface area (Å²) >= 11 is 0. The van der Waals surface area contributed by atoms with Gasteiger partial charge in [-0.2, -0.15) is 0 Å². The molecule has 0 amide bonds. The van der Waals surface area contributed by atoms with Crippen molar-refractivity contribution in [1.82, 2.24) is 0 Å². The fourth-order valence-corrected chi connectivity index (χ4v) is 2.55. The lowest BCUT2D eigenvalue weighted by Gasteiger charge is -2.45. The Balaban J connectivity index is 2.11. The smallest absolute Gasteiger partial charge is 0.187 e. The molecule has 2 rings (SSSR count). The molecule has 10 atom stereocenters. The zero-order valence-electron chi connectivity index (χ0n) is 11.9. The summed E-state index contributed by atoms with van der Waals surface area (Å²) in [4.78, 5) is 0. The van der Waals surface area contributed by atoms with Crippen molar-refractivity contribution in [2.24, 2.45) is 0 Å². The Labute approximate surface area is 130 Å². The molecule has 0 spiro atoms. The molecule has 2 saturated heterocycles. The molecule has 0 bridgehead atoms. The van der Waals surface area contributed by atoms with Gasteiger partial charge < -0.3 is 50.0 Å². The summed E-state index contributed by atoms with van der Waals surface area (Å²) in [6.07, 6.45) is -16.3. The van der Waals surface area contributed by atoms with Gasteiger partial charge in [0.15, 0.2) is 12.6 Å². The molecule has 23 heavy (non-hydrogen) atoms. The minimum atomic E-state index is -1.82. The lowest BCUT2D eigenvalue weighted by Crippen LogP contribution is -2.64. The second kappa shape index (κ2) is 7.61. The van der Waals surface area contributed by atoms with Gasteiger partial charge in [-0.15, -0.1) is 0 Å². The summed E-state index contributed by atoms with van der Waals surface area (Å²) in [6, 6.07) is 0. The highest BCUT2D eigenvalue weighted by molar-refractivity contribution is 4.93. The Kier molecular flexibility index (Phi) is 6.24. The second-order valence-electron chi connectivity index (χ2n) is 5.50. The maximum Gasteiger partial charge on any atom is 0.187 e. The number of rotatable bonds is 4. The molecule has 0 aromatic carbocycles. The van der Waals surface area contributed by atoms with Crippen molar-refractivity contribution in [3.63, 3.8) is 0 Å². The molecule has 0 aliphatic carbocycles. The number of aliphatic hydroxyl groups excluding tert-OH is 7. The number of ether oxygens (including phenoxy) is 3. The van der Waals surface area contributed by atoms with Gasteiger partial charge in [0, 0.05) is 0 Å². The number of halogens is 1. The van der Waals surface area contributed by atoms with Crippen molar-refractivity contribution in [3.8, 4) is 0 Å².